The van der Waals surface area contributed by atoms with Crippen LogP contribution in [0.15, 0.2) is 101 Å². The van der Waals surface area contributed by atoms with Gasteiger partial charge in [-0.25, -0.2) is 0 Å². The van der Waals surface area contributed by atoms with Gasteiger partial charge in [0.15, 0.2) is 33.6 Å². The first kappa shape index (κ1) is 28.7. The average molecular weight is 501 g/mol. The molecular weight excluding hydrogens is 457 g/mol. The van der Waals surface area contributed by atoms with Gasteiger partial charge in [-0.1, -0.05) is 48.6 Å². The van der Waals surface area contributed by atoms with Crippen LogP contribution in [-0.2, 0) is 0 Å². The maximum Gasteiger partial charge on any atom is 0.197 e. The molecule has 1 aliphatic heterocycles. The van der Waals surface area contributed by atoms with Gasteiger partial charge in [-0.05, 0) is 48.4 Å². The van der Waals surface area contributed by atoms with Crippen molar-refractivity contribution in [2.75, 3.05) is 0 Å². The van der Waals surface area contributed by atoms with Gasteiger partial charge in [0, 0.05) is 0 Å². The Morgan fingerprint density at radius 1 is 0.312 bits per heavy atom. The van der Waals surface area contributed by atoms with E-state index >= 15 is 0 Å². The fraction of sp³-hybridized carbons (Fsp3) is 0.333. The molecule has 1 aliphatic rings. The SMILES string of the molecule is C=CC[Si]1(CC=C)N[Si](CC=C)(CC=C)N[Si](CC=C)(CC=C)N[Si](CC=C)(CC=C)N1. The Bertz CT molecular complexity index is 543. The van der Waals surface area contributed by atoms with Crippen molar-refractivity contribution >= 4 is 33.6 Å². The van der Waals surface area contributed by atoms with E-state index in [0.29, 0.717) is 0 Å². The fourth-order valence-electron chi connectivity index (χ4n) is 5.08. The summed E-state index contributed by atoms with van der Waals surface area (Å²) in [5.74, 6) is 0. The summed E-state index contributed by atoms with van der Waals surface area (Å²) < 4.78 is 17.2. The highest BCUT2D eigenvalue weighted by molar-refractivity contribution is 7.07. The summed E-state index contributed by atoms with van der Waals surface area (Å²) in [5, 5.41) is 0. The van der Waals surface area contributed by atoms with Crippen LogP contribution in [0.4, 0.5) is 0 Å². The minimum Gasteiger partial charge on any atom is -0.335 e. The van der Waals surface area contributed by atoms with Crippen LogP contribution in [0.1, 0.15) is 0 Å². The van der Waals surface area contributed by atoms with Crippen LogP contribution in [0, 0.1) is 0 Å². The third kappa shape index (κ3) is 7.32. The molecule has 1 saturated heterocycles. The molecule has 0 radical (unpaired) electrons. The van der Waals surface area contributed by atoms with Crippen molar-refractivity contribution in [2.24, 2.45) is 0 Å². The van der Waals surface area contributed by atoms with Gasteiger partial charge in [0.1, 0.15) is 0 Å². The van der Waals surface area contributed by atoms with E-state index in [1.165, 1.54) is 0 Å². The first-order valence-electron chi connectivity index (χ1n) is 11.4. The lowest BCUT2D eigenvalue weighted by atomic mass is 10.7. The summed E-state index contributed by atoms with van der Waals surface area (Å²) in [7, 11) is -9.01. The molecule has 8 heteroatoms. The summed E-state index contributed by atoms with van der Waals surface area (Å²) in [4.78, 5) is 0. The van der Waals surface area contributed by atoms with Crippen LogP contribution in [-0.4, -0.2) is 33.6 Å². The van der Waals surface area contributed by atoms with E-state index in [1.54, 1.807) is 0 Å². The molecule has 0 aromatic rings. The average Bonchev–Trinajstić information content (AvgIpc) is 2.68. The van der Waals surface area contributed by atoms with Gasteiger partial charge >= 0.3 is 0 Å². The molecule has 0 bridgehead atoms. The molecule has 4 nitrogen and oxygen atoms in total. The van der Waals surface area contributed by atoms with Gasteiger partial charge in [0.25, 0.3) is 0 Å². The summed E-state index contributed by atoms with van der Waals surface area (Å²) in [6.07, 6.45) is 16.4. The molecule has 4 N–H and O–H groups in total. The number of rotatable bonds is 16. The highest BCUT2D eigenvalue weighted by atomic mass is 28.5. The van der Waals surface area contributed by atoms with Gasteiger partial charge in [0.2, 0.25) is 0 Å². The molecule has 0 aromatic heterocycles. The van der Waals surface area contributed by atoms with E-state index in [1.807, 2.05) is 0 Å². The van der Waals surface area contributed by atoms with Crippen LogP contribution < -0.4 is 18.6 Å². The Kier molecular flexibility index (Phi) is 12.0. The predicted octanol–water partition coefficient (Wildman–Crippen LogP) is 5.62. The highest BCUT2D eigenvalue weighted by Gasteiger charge is 2.55. The quantitative estimate of drug-likeness (QED) is 0.164. The maximum absolute atomic E-state index is 4.29. The van der Waals surface area contributed by atoms with Gasteiger partial charge in [-0.2, -0.15) is 0 Å². The van der Waals surface area contributed by atoms with Crippen molar-refractivity contribution in [3.8, 4) is 0 Å². The third-order valence-electron chi connectivity index (χ3n) is 5.86. The van der Waals surface area contributed by atoms with Gasteiger partial charge in [-0.3, -0.25) is 0 Å². The first-order valence-corrected chi connectivity index (χ1v) is 21.0. The molecule has 1 heterocycles. The molecule has 0 spiro atoms. The Balaban J connectivity index is 3.87. The zero-order valence-corrected chi connectivity index (χ0v) is 23.9. The lowest BCUT2D eigenvalue weighted by Gasteiger charge is -2.55. The molecule has 0 saturated carbocycles. The molecule has 1 rings (SSSR count). The molecule has 0 aromatic carbocycles. The molecule has 1 fully saturated rings. The Morgan fingerprint density at radius 2 is 0.438 bits per heavy atom. The summed E-state index contributed by atoms with van der Waals surface area (Å²) in [6.45, 7) is 32.9. The molecule has 176 valence electrons. The van der Waals surface area contributed by atoms with Crippen molar-refractivity contribution in [3.05, 3.63) is 101 Å². The van der Waals surface area contributed by atoms with Gasteiger partial charge in [0.05, 0.1) is 0 Å². The van der Waals surface area contributed by atoms with Crippen molar-refractivity contribution < 1.29 is 0 Å². The molecule has 0 atom stereocenters. The molecule has 0 aliphatic carbocycles. The van der Waals surface area contributed by atoms with E-state index in [-0.39, 0.29) is 0 Å². The second kappa shape index (κ2) is 13.4. The third-order valence-corrected chi connectivity index (χ3v) is 29.1. The van der Waals surface area contributed by atoms with Crippen molar-refractivity contribution in [1.29, 1.82) is 0 Å². The molecule has 32 heavy (non-hydrogen) atoms. The van der Waals surface area contributed by atoms with Crippen LogP contribution >= 0.6 is 0 Å². The summed E-state index contributed by atoms with van der Waals surface area (Å²) in [6, 6.07) is 7.27. The van der Waals surface area contributed by atoms with Crippen LogP contribution in [0.2, 0.25) is 48.4 Å². The largest absolute Gasteiger partial charge is 0.335 e. The zero-order chi connectivity index (χ0) is 24.1. The minimum absolute atomic E-state index is 0.909. The minimum atomic E-state index is -2.25. The lowest BCUT2D eigenvalue weighted by molar-refractivity contribution is 0.957. The fourth-order valence-corrected chi connectivity index (χ4v) is 34.1. The smallest absolute Gasteiger partial charge is 0.197 e. The second-order valence-corrected chi connectivity index (χ2v) is 24.7. The predicted molar refractivity (Wildman–Crippen MR) is 156 cm³/mol. The lowest BCUT2D eigenvalue weighted by Crippen LogP contribution is -2.91. The van der Waals surface area contributed by atoms with Crippen LogP contribution in [0.25, 0.3) is 0 Å². The number of allylic oxidation sites excluding steroid dienone is 8. The highest BCUT2D eigenvalue weighted by Crippen LogP contribution is 2.29. The van der Waals surface area contributed by atoms with Gasteiger partial charge < -0.3 is 18.6 Å². The number of hydrogen-bond acceptors (Lipinski definition) is 4. The first-order chi connectivity index (χ1) is 15.3. The second-order valence-electron chi connectivity index (χ2n) is 8.77. The molecule has 0 amide bonds. The molecule has 0 unspecified atom stereocenters. The van der Waals surface area contributed by atoms with Crippen molar-refractivity contribution in [1.82, 2.24) is 18.6 Å². The van der Waals surface area contributed by atoms with E-state index in [4.69, 9.17) is 0 Å². The van der Waals surface area contributed by atoms with E-state index in [2.05, 4.69) is 120 Å². The van der Waals surface area contributed by atoms with Gasteiger partial charge in [-0.15, -0.1) is 52.6 Å². The summed E-state index contributed by atoms with van der Waals surface area (Å²) >= 11 is 0. The molecular formula is C24H44N4Si4. The van der Waals surface area contributed by atoms with Crippen molar-refractivity contribution in [3.63, 3.8) is 0 Å². The summed E-state index contributed by atoms with van der Waals surface area (Å²) in [5.41, 5.74) is 0. The topological polar surface area (TPSA) is 48.1 Å². The van der Waals surface area contributed by atoms with Crippen molar-refractivity contribution in [2.45, 2.75) is 48.4 Å². The Labute approximate surface area is 201 Å². The maximum atomic E-state index is 4.29. The number of hydrogen-bond donors (Lipinski definition) is 4. The Hall–Kier alpha value is -1.37. The van der Waals surface area contributed by atoms with E-state index in [0.717, 1.165) is 48.4 Å². The van der Waals surface area contributed by atoms with E-state index in [9.17, 15) is 0 Å². The Morgan fingerprint density at radius 3 is 0.531 bits per heavy atom. The van der Waals surface area contributed by atoms with Crippen LogP contribution in [0.3, 0.4) is 0 Å². The number of nitrogens with one attached hydrogen (secondary N) is 4. The zero-order valence-electron chi connectivity index (χ0n) is 19.9. The standard InChI is InChI=1S/C24H44N4Si4/c1-9-17-29(18-10-2)25-30(19-11-3,20-12-4)27-32(23-15-7,24-16-8)28-31(26-29,21-13-5)22-14-6/h9-16,25-28H,1-8,17-24H2. The normalized spacial score (nSPS) is 20.5. The van der Waals surface area contributed by atoms with E-state index < -0.39 is 33.6 Å². The monoisotopic (exact) mass is 500 g/mol. The van der Waals surface area contributed by atoms with Crippen LogP contribution in [0.5, 0.6) is 0 Å².